The van der Waals surface area contributed by atoms with Gasteiger partial charge in [0.1, 0.15) is 17.3 Å². The topological polar surface area (TPSA) is 81.0 Å². The average Bonchev–Trinajstić information content (AvgIpc) is 2.88. The smallest absolute Gasteiger partial charge is 0.233 e. The van der Waals surface area contributed by atoms with Gasteiger partial charge in [0, 0.05) is 16.8 Å². The molecule has 1 aliphatic heterocycles. The zero-order chi connectivity index (χ0) is 25.2. The van der Waals surface area contributed by atoms with Crippen molar-refractivity contribution in [3.63, 3.8) is 0 Å². The summed E-state index contributed by atoms with van der Waals surface area (Å²) in [5, 5.41) is 31.9. The predicted molar refractivity (Wildman–Crippen MR) is 136 cm³/mol. The molecule has 4 aromatic rings. The third-order valence-electron chi connectivity index (χ3n) is 6.80. The molecule has 4 aromatic carbocycles. The summed E-state index contributed by atoms with van der Waals surface area (Å²) in [6.45, 7) is 0. The number of carbonyl (C=O) groups excluding carboxylic acids is 1. The van der Waals surface area contributed by atoms with Crippen LogP contribution in [0.5, 0.6) is 11.5 Å². The van der Waals surface area contributed by atoms with Gasteiger partial charge in [-0.25, -0.2) is 4.39 Å². The van der Waals surface area contributed by atoms with Crippen molar-refractivity contribution in [3.8, 4) is 22.6 Å². The summed E-state index contributed by atoms with van der Waals surface area (Å²) in [7, 11) is 0. The normalized spacial score (nSPS) is 18.1. The van der Waals surface area contributed by atoms with Gasteiger partial charge in [-0.05, 0) is 60.4 Å². The van der Waals surface area contributed by atoms with Gasteiger partial charge < -0.3 is 20.2 Å². The number of phenolic OH excluding ortho intramolecular Hbond substituents is 2. The Labute approximate surface area is 208 Å². The first kappa shape index (κ1) is 23.6. The molecule has 3 N–H and O–H groups in total. The number of aliphatic hydroxyl groups excluding tert-OH is 1. The van der Waals surface area contributed by atoms with E-state index in [1.165, 1.54) is 12.1 Å². The standard InChI is InChI=1S/C30H26FNO4/c31-21-8-6-7-20(17-21)26(33)16-15-25-29(32(30(25)36)22-9-2-1-3-10-22)24-14-13-19(18-28(24)35)23-11-4-5-12-27(23)34/h1-14,17-18,25-26,29,33-35H,15-16H2/t25-,26+,29-/m1/s1. The van der Waals surface area contributed by atoms with Gasteiger partial charge in [0.2, 0.25) is 5.91 Å². The van der Waals surface area contributed by atoms with Crippen LogP contribution in [-0.2, 0) is 4.79 Å². The molecule has 0 aliphatic carbocycles. The predicted octanol–water partition coefficient (Wildman–Crippen LogP) is 6.12. The van der Waals surface area contributed by atoms with Gasteiger partial charge in [-0.1, -0.05) is 60.7 Å². The highest BCUT2D eigenvalue weighted by Gasteiger charge is 2.49. The molecule has 3 atom stereocenters. The minimum absolute atomic E-state index is 0.0184. The van der Waals surface area contributed by atoms with Crippen molar-refractivity contribution in [2.24, 2.45) is 5.92 Å². The maximum Gasteiger partial charge on any atom is 0.233 e. The molecule has 0 saturated carbocycles. The Bertz CT molecular complexity index is 1390. The van der Waals surface area contributed by atoms with Crippen LogP contribution in [0.4, 0.5) is 10.1 Å². The van der Waals surface area contributed by atoms with E-state index in [-0.39, 0.29) is 23.8 Å². The van der Waals surface area contributed by atoms with Gasteiger partial charge in [0.25, 0.3) is 0 Å². The first-order valence-corrected chi connectivity index (χ1v) is 11.9. The second-order valence-electron chi connectivity index (χ2n) is 9.03. The third-order valence-corrected chi connectivity index (χ3v) is 6.80. The van der Waals surface area contributed by atoms with Crippen molar-refractivity contribution in [3.05, 3.63) is 114 Å². The Morgan fingerprint density at radius 2 is 1.58 bits per heavy atom. The fourth-order valence-electron chi connectivity index (χ4n) is 4.96. The molecule has 0 unspecified atom stereocenters. The number of aromatic hydroxyl groups is 2. The Morgan fingerprint density at radius 1 is 0.833 bits per heavy atom. The third kappa shape index (κ3) is 4.43. The van der Waals surface area contributed by atoms with Crippen LogP contribution in [0.2, 0.25) is 0 Å². The van der Waals surface area contributed by atoms with Crippen LogP contribution in [0.1, 0.15) is 36.1 Å². The maximum atomic E-state index is 13.6. The number of carbonyl (C=O) groups is 1. The zero-order valence-corrected chi connectivity index (χ0v) is 19.5. The van der Waals surface area contributed by atoms with E-state index in [0.29, 0.717) is 28.7 Å². The first-order valence-electron chi connectivity index (χ1n) is 11.9. The number of hydrogen-bond acceptors (Lipinski definition) is 4. The van der Waals surface area contributed by atoms with E-state index in [9.17, 15) is 24.5 Å². The minimum Gasteiger partial charge on any atom is -0.508 e. The minimum atomic E-state index is -0.906. The summed E-state index contributed by atoms with van der Waals surface area (Å²) < 4.78 is 13.6. The second kappa shape index (κ2) is 9.84. The van der Waals surface area contributed by atoms with Crippen molar-refractivity contribution in [1.29, 1.82) is 0 Å². The summed E-state index contributed by atoms with van der Waals surface area (Å²) in [4.78, 5) is 14.9. The SMILES string of the molecule is O=C1[C@H](CC[C@H](O)c2cccc(F)c2)[C@@H](c2ccc(-c3ccccc3O)cc2O)N1c1ccccc1. The highest BCUT2D eigenvalue weighted by atomic mass is 19.1. The molecule has 1 saturated heterocycles. The van der Waals surface area contributed by atoms with Gasteiger partial charge in [0.05, 0.1) is 18.1 Å². The Morgan fingerprint density at radius 3 is 2.31 bits per heavy atom. The Hall–Kier alpha value is -4.16. The van der Waals surface area contributed by atoms with E-state index >= 15 is 0 Å². The van der Waals surface area contributed by atoms with Gasteiger partial charge in [-0.2, -0.15) is 0 Å². The van der Waals surface area contributed by atoms with Crippen LogP contribution in [0.3, 0.4) is 0 Å². The molecule has 36 heavy (non-hydrogen) atoms. The molecular weight excluding hydrogens is 457 g/mol. The quantitative estimate of drug-likeness (QED) is 0.277. The van der Waals surface area contributed by atoms with Crippen molar-refractivity contribution in [2.75, 3.05) is 4.90 Å². The molecule has 1 amide bonds. The Balaban J connectivity index is 1.44. The molecule has 6 heteroatoms. The lowest BCUT2D eigenvalue weighted by Gasteiger charge is -2.48. The van der Waals surface area contributed by atoms with Gasteiger partial charge >= 0.3 is 0 Å². The molecule has 0 bridgehead atoms. The Kier molecular flexibility index (Phi) is 6.44. The van der Waals surface area contributed by atoms with Crippen LogP contribution in [-0.4, -0.2) is 21.2 Å². The van der Waals surface area contributed by atoms with Crippen molar-refractivity contribution >= 4 is 11.6 Å². The molecule has 1 aliphatic rings. The van der Waals surface area contributed by atoms with E-state index in [1.807, 2.05) is 42.5 Å². The summed E-state index contributed by atoms with van der Waals surface area (Å²) in [6.07, 6.45) is -0.266. The molecular formula is C30H26FNO4. The molecule has 0 aromatic heterocycles. The van der Waals surface area contributed by atoms with E-state index in [2.05, 4.69) is 0 Å². The number of para-hydroxylation sites is 2. The number of phenols is 2. The largest absolute Gasteiger partial charge is 0.508 e. The van der Waals surface area contributed by atoms with Crippen LogP contribution in [0, 0.1) is 11.7 Å². The highest BCUT2D eigenvalue weighted by molar-refractivity contribution is 6.03. The monoisotopic (exact) mass is 483 g/mol. The number of amides is 1. The van der Waals surface area contributed by atoms with Crippen LogP contribution in [0.15, 0.2) is 97.1 Å². The van der Waals surface area contributed by atoms with Crippen LogP contribution < -0.4 is 4.90 Å². The number of benzene rings is 4. The van der Waals surface area contributed by atoms with Crippen LogP contribution in [0.25, 0.3) is 11.1 Å². The zero-order valence-electron chi connectivity index (χ0n) is 19.5. The first-order chi connectivity index (χ1) is 17.4. The summed E-state index contributed by atoms with van der Waals surface area (Å²) in [5.41, 5.74) is 3.03. The average molecular weight is 484 g/mol. The molecule has 182 valence electrons. The summed E-state index contributed by atoms with van der Waals surface area (Å²) in [6, 6.07) is 26.7. The number of β-lactam (4-membered cyclic amide) rings is 1. The van der Waals surface area contributed by atoms with Crippen molar-refractivity contribution < 1.29 is 24.5 Å². The lowest BCUT2D eigenvalue weighted by atomic mass is 9.77. The van der Waals surface area contributed by atoms with E-state index in [0.717, 1.165) is 5.69 Å². The molecule has 0 radical (unpaired) electrons. The number of halogens is 1. The molecule has 5 nitrogen and oxygen atoms in total. The van der Waals surface area contributed by atoms with Gasteiger partial charge in [-0.3, -0.25) is 4.79 Å². The highest BCUT2D eigenvalue weighted by Crippen LogP contribution is 2.49. The lowest BCUT2D eigenvalue weighted by Crippen LogP contribution is -2.55. The van der Waals surface area contributed by atoms with Crippen molar-refractivity contribution in [2.45, 2.75) is 25.0 Å². The number of aliphatic hydroxyl groups is 1. The van der Waals surface area contributed by atoms with Crippen molar-refractivity contribution in [1.82, 2.24) is 0 Å². The van der Waals surface area contributed by atoms with E-state index < -0.39 is 23.9 Å². The summed E-state index contributed by atoms with van der Waals surface area (Å²) in [5.74, 6) is -0.852. The molecule has 0 spiro atoms. The van der Waals surface area contributed by atoms with Gasteiger partial charge in [-0.15, -0.1) is 0 Å². The fraction of sp³-hybridized carbons (Fsp3) is 0.167. The molecule has 1 fully saturated rings. The fourth-order valence-corrected chi connectivity index (χ4v) is 4.96. The molecule has 1 heterocycles. The number of anilines is 1. The molecule has 5 rings (SSSR count). The summed E-state index contributed by atoms with van der Waals surface area (Å²) >= 11 is 0. The number of hydrogen-bond donors (Lipinski definition) is 3. The van der Waals surface area contributed by atoms with E-state index in [1.54, 1.807) is 47.4 Å². The number of rotatable bonds is 7. The van der Waals surface area contributed by atoms with Gasteiger partial charge in [0.15, 0.2) is 0 Å². The van der Waals surface area contributed by atoms with Crippen LogP contribution >= 0.6 is 0 Å². The maximum absolute atomic E-state index is 13.6. The van der Waals surface area contributed by atoms with E-state index in [4.69, 9.17) is 0 Å². The lowest BCUT2D eigenvalue weighted by molar-refractivity contribution is -0.131. The second-order valence-corrected chi connectivity index (χ2v) is 9.03. The number of nitrogens with zero attached hydrogens (tertiary/aromatic N) is 1.